The van der Waals surface area contributed by atoms with Crippen LogP contribution in [0, 0.1) is 5.92 Å². The van der Waals surface area contributed by atoms with Crippen molar-refractivity contribution in [3.63, 3.8) is 0 Å². The summed E-state index contributed by atoms with van der Waals surface area (Å²) in [7, 11) is 0. The summed E-state index contributed by atoms with van der Waals surface area (Å²) in [4.78, 5) is -0.105. The van der Waals surface area contributed by atoms with Gasteiger partial charge in [0.15, 0.2) is 0 Å². The number of hydrogen-bond donors (Lipinski definition) is 0. The van der Waals surface area contributed by atoms with Gasteiger partial charge in [-0.05, 0) is 26.7 Å². The highest BCUT2D eigenvalue weighted by Gasteiger charge is 2.19. The summed E-state index contributed by atoms with van der Waals surface area (Å²) < 4.78 is 0. The van der Waals surface area contributed by atoms with Gasteiger partial charge in [-0.3, -0.25) is 0 Å². The van der Waals surface area contributed by atoms with Crippen molar-refractivity contribution in [2.75, 3.05) is 0 Å². The van der Waals surface area contributed by atoms with E-state index in [0.29, 0.717) is 5.92 Å². The van der Waals surface area contributed by atoms with Crippen LogP contribution in [-0.2, 0) is 0 Å². The van der Waals surface area contributed by atoms with E-state index in [4.69, 9.17) is 11.6 Å². The molecule has 0 nitrogen and oxygen atoms in total. The van der Waals surface area contributed by atoms with E-state index in [2.05, 4.69) is 13.0 Å². The standard InChI is InChI=1S/C8H15Cl/c1-5-6-7(2)8(3,4)9/h5-7H,1-4H3/b6-5+. The molecule has 0 aromatic heterocycles. The van der Waals surface area contributed by atoms with Crippen LogP contribution in [0.25, 0.3) is 0 Å². The van der Waals surface area contributed by atoms with Gasteiger partial charge >= 0.3 is 0 Å². The SMILES string of the molecule is C/C=C/C(C)C(C)(C)Cl. The third kappa shape index (κ3) is 3.58. The number of alkyl halides is 1. The molecule has 0 spiro atoms. The average Bonchev–Trinajstić information content (AvgIpc) is 1.64. The van der Waals surface area contributed by atoms with Gasteiger partial charge in [0.25, 0.3) is 0 Å². The van der Waals surface area contributed by atoms with Gasteiger partial charge in [0.1, 0.15) is 0 Å². The zero-order valence-electron chi connectivity index (χ0n) is 6.61. The minimum absolute atomic E-state index is 0.105. The number of halogens is 1. The van der Waals surface area contributed by atoms with E-state index in [-0.39, 0.29) is 4.87 Å². The van der Waals surface area contributed by atoms with E-state index in [1.54, 1.807) is 0 Å². The maximum absolute atomic E-state index is 6.01. The highest BCUT2D eigenvalue weighted by molar-refractivity contribution is 6.23. The fraction of sp³-hybridized carbons (Fsp3) is 0.750. The molecule has 0 aromatic carbocycles. The summed E-state index contributed by atoms with van der Waals surface area (Å²) in [6.45, 7) is 8.19. The van der Waals surface area contributed by atoms with Crippen molar-refractivity contribution in [1.82, 2.24) is 0 Å². The van der Waals surface area contributed by atoms with Crippen LogP contribution in [-0.4, -0.2) is 4.87 Å². The molecule has 0 saturated carbocycles. The van der Waals surface area contributed by atoms with E-state index in [1.807, 2.05) is 26.8 Å². The van der Waals surface area contributed by atoms with Crippen LogP contribution in [0.4, 0.5) is 0 Å². The molecule has 9 heavy (non-hydrogen) atoms. The molecule has 1 heteroatoms. The van der Waals surface area contributed by atoms with Crippen molar-refractivity contribution in [1.29, 1.82) is 0 Å². The van der Waals surface area contributed by atoms with Crippen molar-refractivity contribution in [3.05, 3.63) is 12.2 Å². The van der Waals surface area contributed by atoms with Gasteiger partial charge in [0, 0.05) is 4.87 Å². The lowest BCUT2D eigenvalue weighted by Gasteiger charge is -2.20. The predicted molar refractivity (Wildman–Crippen MR) is 43.9 cm³/mol. The van der Waals surface area contributed by atoms with Crippen molar-refractivity contribution in [3.8, 4) is 0 Å². The molecule has 0 aromatic rings. The van der Waals surface area contributed by atoms with Crippen LogP contribution in [0.5, 0.6) is 0 Å². The normalized spacial score (nSPS) is 16.6. The Morgan fingerprint density at radius 3 is 2.00 bits per heavy atom. The first-order chi connectivity index (χ1) is 3.98. The third-order valence-electron chi connectivity index (χ3n) is 1.56. The van der Waals surface area contributed by atoms with E-state index >= 15 is 0 Å². The molecule has 0 N–H and O–H groups in total. The second kappa shape index (κ2) is 3.26. The Balaban J connectivity index is 3.88. The van der Waals surface area contributed by atoms with Gasteiger partial charge in [0.2, 0.25) is 0 Å². The Hall–Kier alpha value is 0.0300. The van der Waals surface area contributed by atoms with Crippen LogP contribution in [0.15, 0.2) is 12.2 Å². The van der Waals surface area contributed by atoms with Gasteiger partial charge in [-0.25, -0.2) is 0 Å². The molecule has 0 bridgehead atoms. The van der Waals surface area contributed by atoms with Crippen molar-refractivity contribution in [2.24, 2.45) is 5.92 Å². The molecular formula is C8H15Cl. The predicted octanol–water partition coefficient (Wildman–Crippen LogP) is 3.22. The van der Waals surface area contributed by atoms with Crippen LogP contribution in [0.2, 0.25) is 0 Å². The molecule has 0 amide bonds. The zero-order valence-corrected chi connectivity index (χ0v) is 7.37. The van der Waals surface area contributed by atoms with E-state index < -0.39 is 0 Å². The van der Waals surface area contributed by atoms with E-state index in [1.165, 1.54) is 0 Å². The Morgan fingerprint density at radius 1 is 1.44 bits per heavy atom. The van der Waals surface area contributed by atoms with Gasteiger partial charge in [-0.15, -0.1) is 11.6 Å². The monoisotopic (exact) mass is 146 g/mol. The topological polar surface area (TPSA) is 0 Å². The summed E-state index contributed by atoms with van der Waals surface area (Å²) >= 11 is 6.01. The maximum atomic E-state index is 6.01. The Kier molecular flexibility index (Phi) is 3.27. The molecule has 1 unspecified atom stereocenters. The summed E-state index contributed by atoms with van der Waals surface area (Å²) in [6, 6.07) is 0. The Morgan fingerprint density at radius 2 is 1.89 bits per heavy atom. The van der Waals surface area contributed by atoms with Crippen LogP contribution < -0.4 is 0 Å². The van der Waals surface area contributed by atoms with E-state index in [0.717, 1.165) is 0 Å². The average molecular weight is 147 g/mol. The minimum Gasteiger partial charge on any atom is -0.119 e. The molecule has 0 heterocycles. The first-order valence-electron chi connectivity index (χ1n) is 3.30. The van der Waals surface area contributed by atoms with Crippen LogP contribution >= 0.6 is 11.6 Å². The van der Waals surface area contributed by atoms with Gasteiger partial charge in [-0.1, -0.05) is 19.1 Å². The molecule has 54 valence electrons. The summed E-state index contributed by atoms with van der Waals surface area (Å²) in [5.41, 5.74) is 0. The molecule has 0 aliphatic rings. The molecule has 0 radical (unpaired) electrons. The molecule has 0 aliphatic heterocycles. The van der Waals surface area contributed by atoms with Crippen LogP contribution in [0.3, 0.4) is 0 Å². The zero-order chi connectivity index (χ0) is 7.49. The molecule has 0 rings (SSSR count). The first kappa shape index (κ1) is 9.03. The van der Waals surface area contributed by atoms with Gasteiger partial charge in [-0.2, -0.15) is 0 Å². The molecule has 0 fully saturated rings. The van der Waals surface area contributed by atoms with Crippen molar-refractivity contribution >= 4 is 11.6 Å². The van der Waals surface area contributed by atoms with Crippen molar-refractivity contribution in [2.45, 2.75) is 32.6 Å². The fourth-order valence-corrected chi connectivity index (χ4v) is 0.590. The highest BCUT2D eigenvalue weighted by atomic mass is 35.5. The third-order valence-corrected chi connectivity index (χ3v) is 1.91. The largest absolute Gasteiger partial charge is 0.119 e. The second-order valence-corrected chi connectivity index (χ2v) is 3.85. The maximum Gasteiger partial charge on any atom is 0.0450 e. The molecule has 0 saturated heterocycles. The molecule has 0 aliphatic carbocycles. The summed E-state index contributed by atoms with van der Waals surface area (Å²) in [5, 5.41) is 0. The quantitative estimate of drug-likeness (QED) is 0.415. The minimum atomic E-state index is -0.105. The number of rotatable bonds is 2. The lowest BCUT2D eigenvalue weighted by atomic mass is 9.97. The lowest BCUT2D eigenvalue weighted by Crippen LogP contribution is -2.19. The Labute approximate surface area is 62.9 Å². The van der Waals surface area contributed by atoms with Crippen molar-refractivity contribution < 1.29 is 0 Å². The molecule has 1 atom stereocenters. The summed E-state index contributed by atoms with van der Waals surface area (Å²) in [6.07, 6.45) is 4.15. The molecular weight excluding hydrogens is 132 g/mol. The number of allylic oxidation sites excluding steroid dienone is 2. The van der Waals surface area contributed by atoms with Gasteiger partial charge < -0.3 is 0 Å². The second-order valence-electron chi connectivity index (χ2n) is 2.88. The number of hydrogen-bond acceptors (Lipinski definition) is 0. The first-order valence-corrected chi connectivity index (χ1v) is 3.68. The highest BCUT2D eigenvalue weighted by Crippen LogP contribution is 2.24. The van der Waals surface area contributed by atoms with E-state index in [9.17, 15) is 0 Å². The Bertz CT molecular complexity index is 97.6. The fourth-order valence-electron chi connectivity index (χ4n) is 0.517. The lowest BCUT2D eigenvalue weighted by molar-refractivity contribution is 0.543. The summed E-state index contributed by atoms with van der Waals surface area (Å²) in [5.74, 6) is 0.448. The van der Waals surface area contributed by atoms with Crippen LogP contribution in [0.1, 0.15) is 27.7 Å². The van der Waals surface area contributed by atoms with Gasteiger partial charge in [0.05, 0.1) is 0 Å². The smallest absolute Gasteiger partial charge is 0.0450 e.